The number of urea groups is 1. The number of nitrogens with zero attached hydrogens (tertiary/aromatic N) is 2. The topological polar surface area (TPSA) is 90.0 Å². The highest BCUT2D eigenvalue weighted by atomic mass is 35.5. The molecule has 0 aromatic heterocycles. The fraction of sp³-hybridized carbons (Fsp3) is 0.471. The van der Waals surface area contributed by atoms with Crippen LogP contribution in [0, 0.1) is 11.7 Å². The number of nitrogens with one attached hydrogen (secondary N) is 1. The largest absolute Gasteiger partial charge is 0.479 e. The third kappa shape index (κ3) is 4.63. The van der Waals surface area contributed by atoms with Gasteiger partial charge < -0.3 is 20.2 Å². The van der Waals surface area contributed by atoms with Crippen LogP contribution >= 0.6 is 11.6 Å². The number of carboxylic acid groups (broad SMARTS) is 1. The summed E-state index contributed by atoms with van der Waals surface area (Å²) in [4.78, 5) is 39.0. The summed E-state index contributed by atoms with van der Waals surface area (Å²) in [7, 11) is 3.31. The molecular formula is C17H21ClFN3O4. The molecule has 0 aliphatic carbocycles. The average molecular weight is 386 g/mol. The molecule has 1 aliphatic heterocycles. The Hall–Kier alpha value is -2.35. The summed E-state index contributed by atoms with van der Waals surface area (Å²) in [6, 6.07) is 2.13. The summed E-state index contributed by atoms with van der Waals surface area (Å²) >= 11 is 5.61. The summed E-state index contributed by atoms with van der Waals surface area (Å²) in [5.74, 6) is -2.87. The number of halogens is 2. The van der Waals surface area contributed by atoms with Crippen molar-refractivity contribution < 1.29 is 23.9 Å². The van der Waals surface area contributed by atoms with Crippen LogP contribution in [0.15, 0.2) is 18.2 Å². The predicted molar refractivity (Wildman–Crippen MR) is 93.3 cm³/mol. The fourth-order valence-corrected chi connectivity index (χ4v) is 2.97. The van der Waals surface area contributed by atoms with E-state index in [1.807, 2.05) is 0 Å². The van der Waals surface area contributed by atoms with Gasteiger partial charge >= 0.3 is 12.0 Å². The van der Waals surface area contributed by atoms with Gasteiger partial charge in [-0.25, -0.2) is 14.0 Å². The SMILES string of the molecule is CN(C)C(=O)N1CCC(C(=O)NC(C(=O)O)c2ccc(Cl)c(F)c2)CC1. The minimum absolute atomic E-state index is 0.105. The van der Waals surface area contributed by atoms with E-state index >= 15 is 0 Å². The maximum atomic E-state index is 13.6. The van der Waals surface area contributed by atoms with Gasteiger partial charge in [0.2, 0.25) is 5.91 Å². The van der Waals surface area contributed by atoms with Gasteiger partial charge in [0.25, 0.3) is 0 Å². The van der Waals surface area contributed by atoms with Crippen LogP contribution in [-0.2, 0) is 9.59 Å². The molecule has 0 saturated carbocycles. The van der Waals surface area contributed by atoms with Gasteiger partial charge in [-0.05, 0) is 30.5 Å². The van der Waals surface area contributed by atoms with Gasteiger partial charge in [0, 0.05) is 33.1 Å². The van der Waals surface area contributed by atoms with Crippen molar-refractivity contribution in [1.29, 1.82) is 0 Å². The number of aliphatic carboxylic acids is 1. The smallest absolute Gasteiger partial charge is 0.330 e. The number of carboxylic acids is 1. The van der Waals surface area contributed by atoms with Crippen LogP contribution in [0.5, 0.6) is 0 Å². The second kappa shape index (κ2) is 8.35. The third-order valence-corrected chi connectivity index (χ3v) is 4.64. The van der Waals surface area contributed by atoms with Gasteiger partial charge in [0.15, 0.2) is 6.04 Å². The van der Waals surface area contributed by atoms with E-state index < -0.39 is 29.7 Å². The Kier molecular flexibility index (Phi) is 6.42. The summed E-state index contributed by atoms with van der Waals surface area (Å²) in [5.41, 5.74) is 0.105. The van der Waals surface area contributed by atoms with Crippen molar-refractivity contribution in [3.8, 4) is 0 Å². The second-order valence-corrected chi connectivity index (χ2v) is 6.80. The molecule has 26 heavy (non-hydrogen) atoms. The Labute approximate surface area is 155 Å². The van der Waals surface area contributed by atoms with Gasteiger partial charge in [-0.1, -0.05) is 17.7 Å². The molecule has 1 saturated heterocycles. The van der Waals surface area contributed by atoms with E-state index in [0.717, 1.165) is 6.07 Å². The van der Waals surface area contributed by atoms with E-state index in [0.29, 0.717) is 25.9 Å². The number of carbonyl (C=O) groups excluding carboxylic acids is 2. The highest BCUT2D eigenvalue weighted by Gasteiger charge is 2.31. The first-order valence-corrected chi connectivity index (χ1v) is 8.53. The zero-order valence-electron chi connectivity index (χ0n) is 14.5. The Bertz CT molecular complexity index is 705. The van der Waals surface area contributed by atoms with Crippen LogP contribution in [-0.4, -0.2) is 60.0 Å². The van der Waals surface area contributed by atoms with Crippen LogP contribution in [0.3, 0.4) is 0 Å². The van der Waals surface area contributed by atoms with E-state index in [2.05, 4.69) is 5.32 Å². The number of hydrogen-bond acceptors (Lipinski definition) is 3. The molecule has 0 spiro atoms. The Morgan fingerprint density at radius 2 is 1.92 bits per heavy atom. The first kappa shape index (κ1) is 20.0. The number of piperidine rings is 1. The first-order chi connectivity index (χ1) is 12.2. The zero-order chi connectivity index (χ0) is 19.4. The summed E-state index contributed by atoms with van der Waals surface area (Å²) in [6.45, 7) is 0.838. The Balaban J connectivity index is 2.01. The van der Waals surface area contributed by atoms with Crippen LogP contribution in [0.2, 0.25) is 5.02 Å². The lowest BCUT2D eigenvalue weighted by molar-refractivity contribution is -0.143. The van der Waals surface area contributed by atoms with Crippen molar-refractivity contribution in [3.63, 3.8) is 0 Å². The van der Waals surface area contributed by atoms with Crippen molar-refractivity contribution in [2.24, 2.45) is 5.92 Å². The standard InChI is InChI=1S/C17H21ClFN3O4/c1-21(2)17(26)22-7-5-10(6-8-22)15(23)20-14(16(24)25)11-3-4-12(18)13(19)9-11/h3-4,9-10,14H,5-8H2,1-2H3,(H,20,23)(H,24,25). The molecule has 1 aromatic rings. The first-order valence-electron chi connectivity index (χ1n) is 8.15. The van der Waals surface area contributed by atoms with Crippen LogP contribution in [0.4, 0.5) is 9.18 Å². The number of hydrogen-bond donors (Lipinski definition) is 2. The molecule has 2 N–H and O–H groups in total. The monoisotopic (exact) mass is 385 g/mol. The molecule has 0 radical (unpaired) electrons. The minimum Gasteiger partial charge on any atom is -0.479 e. The van der Waals surface area contributed by atoms with E-state index in [4.69, 9.17) is 11.6 Å². The molecule has 3 amide bonds. The molecule has 1 aromatic carbocycles. The fourth-order valence-electron chi connectivity index (χ4n) is 2.86. The molecule has 1 heterocycles. The number of carbonyl (C=O) groups is 3. The van der Waals surface area contributed by atoms with Crippen LogP contribution in [0.25, 0.3) is 0 Å². The maximum absolute atomic E-state index is 13.6. The lowest BCUT2D eigenvalue weighted by Gasteiger charge is -2.33. The van der Waals surface area contributed by atoms with Crippen molar-refractivity contribution >= 4 is 29.5 Å². The zero-order valence-corrected chi connectivity index (χ0v) is 15.3. The van der Waals surface area contributed by atoms with Gasteiger partial charge in [0.05, 0.1) is 5.02 Å². The summed E-state index contributed by atoms with van der Waals surface area (Å²) in [6.07, 6.45) is 0.874. The van der Waals surface area contributed by atoms with Gasteiger partial charge in [-0.15, -0.1) is 0 Å². The molecule has 2 rings (SSSR count). The predicted octanol–water partition coefficient (Wildman–Crippen LogP) is 2.11. The molecule has 7 nitrogen and oxygen atoms in total. The number of rotatable bonds is 4. The molecule has 1 fully saturated rings. The minimum atomic E-state index is -1.37. The number of amides is 3. The molecule has 1 unspecified atom stereocenters. The molecule has 1 aliphatic rings. The second-order valence-electron chi connectivity index (χ2n) is 6.39. The molecular weight excluding hydrogens is 365 g/mol. The van der Waals surface area contributed by atoms with Gasteiger partial charge in [-0.3, -0.25) is 4.79 Å². The quantitative estimate of drug-likeness (QED) is 0.830. The summed E-state index contributed by atoms with van der Waals surface area (Å²) < 4.78 is 13.6. The van der Waals surface area contributed by atoms with E-state index in [-0.39, 0.29) is 16.6 Å². The van der Waals surface area contributed by atoms with Crippen molar-refractivity contribution in [2.75, 3.05) is 27.2 Å². The Morgan fingerprint density at radius 3 is 2.42 bits per heavy atom. The number of likely N-dealkylation sites (tertiary alicyclic amines) is 1. The van der Waals surface area contributed by atoms with Gasteiger partial charge in [0.1, 0.15) is 5.82 Å². The van der Waals surface area contributed by atoms with Crippen molar-refractivity contribution in [2.45, 2.75) is 18.9 Å². The highest BCUT2D eigenvalue weighted by molar-refractivity contribution is 6.30. The lowest BCUT2D eigenvalue weighted by atomic mass is 9.95. The van der Waals surface area contributed by atoms with E-state index in [1.165, 1.54) is 17.0 Å². The molecule has 1 atom stereocenters. The highest BCUT2D eigenvalue weighted by Crippen LogP contribution is 2.23. The van der Waals surface area contributed by atoms with E-state index in [1.54, 1.807) is 19.0 Å². The summed E-state index contributed by atoms with van der Waals surface area (Å²) in [5, 5.41) is 11.7. The Morgan fingerprint density at radius 1 is 1.31 bits per heavy atom. The normalized spacial score (nSPS) is 16.1. The maximum Gasteiger partial charge on any atom is 0.330 e. The number of benzene rings is 1. The van der Waals surface area contributed by atoms with Crippen molar-refractivity contribution in [3.05, 3.63) is 34.6 Å². The third-order valence-electron chi connectivity index (χ3n) is 4.33. The molecule has 142 valence electrons. The average Bonchev–Trinajstić information content (AvgIpc) is 2.61. The molecule has 9 heteroatoms. The van der Waals surface area contributed by atoms with Gasteiger partial charge in [-0.2, -0.15) is 0 Å². The van der Waals surface area contributed by atoms with E-state index in [9.17, 15) is 23.9 Å². The van der Waals surface area contributed by atoms with Crippen LogP contribution in [0.1, 0.15) is 24.4 Å². The van der Waals surface area contributed by atoms with Crippen LogP contribution < -0.4 is 5.32 Å². The molecule has 0 bridgehead atoms. The van der Waals surface area contributed by atoms with Crippen molar-refractivity contribution in [1.82, 2.24) is 15.1 Å². The lowest BCUT2D eigenvalue weighted by Crippen LogP contribution is -2.47.